The van der Waals surface area contributed by atoms with E-state index >= 15 is 0 Å². The van der Waals surface area contributed by atoms with Crippen molar-refractivity contribution in [3.05, 3.63) is 24.5 Å². The number of imidazole rings is 1. The first-order valence-electron chi connectivity index (χ1n) is 21.4. The van der Waals surface area contributed by atoms with Crippen molar-refractivity contribution in [2.75, 3.05) is 65.6 Å². The van der Waals surface area contributed by atoms with Gasteiger partial charge in [-0.1, -0.05) is 18.1 Å². The van der Waals surface area contributed by atoms with Gasteiger partial charge in [-0.05, 0) is 32.1 Å². The van der Waals surface area contributed by atoms with Gasteiger partial charge in [0.1, 0.15) is 24.2 Å². The van der Waals surface area contributed by atoms with Gasteiger partial charge in [-0.25, -0.2) is 51.6 Å². The summed E-state index contributed by atoms with van der Waals surface area (Å²) in [6.07, 6.45) is 3.38. The number of phosphoric acid groups is 7. The van der Waals surface area contributed by atoms with Crippen molar-refractivity contribution in [2.45, 2.75) is 82.8 Å². The molecule has 1 amide bonds. The second kappa shape index (κ2) is 29.1. The van der Waals surface area contributed by atoms with E-state index in [0.717, 1.165) is 19.1 Å². The van der Waals surface area contributed by atoms with Gasteiger partial charge in [0.25, 0.3) is 0 Å². The van der Waals surface area contributed by atoms with E-state index in [1.165, 1.54) is 10.9 Å². The minimum absolute atomic E-state index is 0.0326. The summed E-state index contributed by atoms with van der Waals surface area (Å²) in [4.78, 5) is 91.9. The van der Waals surface area contributed by atoms with Crippen LogP contribution >= 0.6 is 54.8 Å². The Bertz CT molecular complexity index is 2630. The Kier molecular flexibility index (Phi) is 25.3. The summed E-state index contributed by atoms with van der Waals surface area (Å²) >= 11 is 0. The van der Waals surface area contributed by atoms with Gasteiger partial charge < -0.3 is 64.6 Å². The number of ether oxygens (including phenoxy) is 3. The van der Waals surface area contributed by atoms with E-state index in [4.69, 9.17) is 24.5 Å². The number of aliphatic hydroxyl groups is 1. The quantitative estimate of drug-likeness (QED) is 0.0290. The van der Waals surface area contributed by atoms with Gasteiger partial charge >= 0.3 is 54.8 Å². The molecule has 1 aliphatic heterocycles. The summed E-state index contributed by atoms with van der Waals surface area (Å²) in [6.45, 7) is 0.126. The van der Waals surface area contributed by atoms with Crippen LogP contribution in [-0.2, 0) is 104 Å². The zero-order valence-electron chi connectivity index (χ0n) is 38.8. The van der Waals surface area contributed by atoms with Crippen LogP contribution in [0.5, 0.6) is 0 Å². The molecule has 0 aromatic carbocycles. The maximum atomic E-state index is 12.4. The summed E-state index contributed by atoms with van der Waals surface area (Å²) in [5, 5.41) is 21.2. The molecule has 1 fully saturated rings. The van der Waals surface area contributed by atoms with Gasteiger partial charge in [0.2, 0.25) is 5.91 Å². The number of nitrogens with two attached hydrogens (primary N) is 1. The van der Waals surface area contributed by atoms with E-state index in [1.807, 2.05) is 0 Å². The summed E-state index contributed by atoms with van der Waals surface area (Å²) in [5.74, 6) is -0.255. The van der Waals surface area contributed by atoms with Crippen molar-refractivity contribution in [3.8, 4) is 0 Å². The van der Waals surface area contributed by atoms with Crippen molar-refractivity contribution in [1.29, 1.82) is 0 Å². The fourth-order valence-corrected chi connectivity index (χ4v) is 14.3. The van der Waals surface area contributed by atoms with Crippen LogP contribution in [0.25, 0.3) is 11.2 Å². The molecule has 11 N–H and O–H groups in total. The molecule has 0 radical (unpaired) electrons. The number of hydrogen-bond acceptors (Lipinski definition) is 27. The van der Waals surface area contributed by atoms with Crippen molar-refractivity contribution < 1.29 is 130 Å². The Morgan fingerprint density at radius 3 is 1.92 bits per heavy atom. The number of hydrogen-bond donors (Lipinski definition) is 10. The highest BCUT2D eigenvalue weighted by Crippen LogP contribution is 2.75. The van der Waals surface area contributed by atoms with Gasteiger partial charge in [0.05, 0.1) is 70.9 Å². The van der Waals surface area contributed by atoms with Crippen LogP contribution in [0.3, 0.4) is 0 Å². The number of phosphoric ester groups is 3. The highest BCUT2D eigenvalue weighted by Gasteiger charge is 2.50. The van der Waals surface area contributed by atoms with Gasteiger partial charge in [-0.3, -0.25) is 27.5 Å². The SMILES string of the molecule is COP(=O)(O)OCCCCc1cn(CCOCCOCCC(=O)NCCCCCCOP(=O)(O)OP(=O)(O)OP(=O)(O)OP(=O)(O)OP(=O)(O)OP(=O)(O)OC[C@H]2O[C@@H](n3cnc4c(N)ncnc43)C[C@H]2O)nn1. The lowest BCUT2D eigenvalue weighted by Gasteiger charge is -2.21. The number of rotatable bonds is 38. The Morgan fingerprint density at radius 1 is 0.716 bits per heavy atom. The molecule has 3 aromatic heterocycles. The molecule has 0 bridgehead atoms. The van der Waals surface area contributed by atoms with Crippen LogP contribution in [0, 0.1) is 0 Å². The molecule has 7 unspecified atom stereocenters. The van der Waals surface area contributed by atoms with E-state index < -0.39 is 86.4 Å². The molecule has 10 atom stereocenters. The molecule has 0 saturated carbocycles. The average molecular weight is 1210 g/mol. The number of nitrogen functional groups attached to an aromatic ring is 1. The molecule has 4 rings (SSSR count). The smallest absolute Gasteiger partial charge is 0.390 e. The average Bonchev–Trinajstić information content (AvgIpc) is 4.01. The lowest BCUT2D eigenvalue weighted by molar-refractivity contribution is -0.122. The van der Waals surface area contributed by atoms with Crippen molar-refractivity contribution in [1.82, 2.24) is 39.8 Å². The predicted octanol–water partition coefficient (Wildman–Crippen LogP) is 2.25. The lowest BCUT2D eigenvalue weighted by Crippen LogP contribution is -2.26. The Balaban J connectivity index is 1.02. The van der Waals surface area contributed by atoms with Gasteiger partial charge in [-0.15, -0.1) is 5.10 Å². The van der Waals surface area contributed by atoms with Crippen molar-refractivity contribution >= 4 is 77.6 Å². The standard InChI is InChI=1S/C30H56N9O28P7/c1-56-68(42,43)59-13-7-4-8-23-19-38(37-36-23)11-15-58-17-16-57-14-9-26(41)32-10-5-2-3-6-12-60-69(44,45)63-71(48,49)65-73(52,53)67-74(54,55)66-72(50,51)64-70(46,47)61-20-25-24(40)18-27(62-25)39-22-35-28-29(31)33-21-34-30(28)39/h19,21-22,24-25,27,40H,2-18,20H2,1H3,(H,32,41)(H,42,43)(H,44,45)(H,46,47)(H,48,49)(H,50,51)(H,52,53)(H,54,55)(H2,31,33,34)/t24-,25-,27-/m1/s1. The van der Waals surface area contributed by atoms with Crippen LogP contribution in [0.15, 0.2) is 18.9 Å². The third kappa shape index (κ3) is 24.2. The first-order chi connectivity index (χ1) is 34.5. The molecule has 37 nitrogen and oxygen atoms in total. The fraction of sp³-hybridized carbons (Fsp3) is 0.733. The molecule has 1 aliphatic rings. The summed E-state index contributed by atoms with van der Waals surface area (Å²) in [6, 6.07) is 0. The largest absolute Gasteiger partial charge is 0.490 e. The highest BCUT2D eigenvalue weighted by atomic mass is 31.3. The van der Waals surface area contributed by atoms with E-state index in [2.05, 4.69) is 65.7 Å². The fourth-order valence-electron chi connectivity index (χ4n) is 5.97. The number of anilines is 1. The summed E-state index contributed by atoms with van der Waals surface area (Å²) in [7, 11) is -39.8. The van der Waals surface area contributed by atoms with Crippen molar-refractivity contribution in [3.63, 3.8) is 0 Å². The normalized spacial score (nSPS) is 21.9. The molecule has 0 aliphatic carbocycles. The van der Waals surface area contributed by atoms with Gasteiger partial charge in [0, 0.05) is 32.7 Å². The topological polar surface area (TPSA) is 522 Å². The summed E-state index contributed by atoms with van der Waals surface area (Å²) in [5.41, 5.74) is 6.88. The van der Waals surface area contributed by atoms with Crippen LogP contribution in [0.2, 0.25) is 0 Å². The third-order valence-corrected chi connectivity index (χ3v) is 19.4. The Morgan fingerprint density at radius 2 is 1.28 bits per heavy atom. The van der Waals surface area contributed by atoms with E-state index in [0.29, 0.717) is 51.7 Å². The number of aryl methyl sites for hydroxylation is 1. The number of unbranched alkanes of at least 4 members (excludes halogenated alkanes) is 4. The highest BCUT2D eigenvalue weighted by molar-refractivity contribution is 7.72. The number of nitrogens with zero attached hydrogens (tertiary/aromatic N) is 7. The Hall–Kier alpha value is -2.23. The number of aliphatic hydroxyl groups excluding tert-OH is 1. The number of amides is 1. The van der Waals surface area contributed by atoms with Crippen molar-refractivity contribution in [2.24, 2.45) is 0 Å². The molecule has 44 heteroatoms. The van der Waals surface area contributed by atoms with Crippen LogP contribution < -0.4 is 11.1 Å². The van der Waals surface area contributed by atoms with Gasteiger partial charge in [-0.2, -0.15) is 21.6 Å². The summed E-state index contributed by atoms with van der Waals surface area (Å²) < 4.78 is 141. The number of fused-ring (bicyclic) bond motifs is 1. The molecule has 0 spiro atoms. The van der Waals surface area contributed by atoms with E-state index in [-0.39, 0.29) is 75.1 Å². The number of nitrogens with one attached hydrogen (secondary N) is 1. The zero-order valence-corrected chi connectivity index (χ0v) is 45.0. The molecule has 4 heterocycles. The maximum absolute atomic E-state index is 12.4. The van der Waals surface area contributed by atoms with Gasteiger partial charge in [0.15, 0.2) is 11.5 Å². The minimum Gasteiger partial charge on any atom is -0.390 e. The monoisotopic (exact) mass is 1210 g/mol. The second-order valence-electron chi connectivity index (χ2n) is 15.0. The molecule has 1 saturated heterocycles. The lowest BCUT2D eigenvalue weighted by atomic mass is 10.2. The second-order valence-corrected chi connectivity index (χ2v) is 26.0. The minimum atomic E-state index is -6.49. The van der Waals surface area contributed by atoms with E-state index in [9.17, 15) is 76.1 Å². The van der Waals surface area contributed by atoms with Crippen LogP contribution in [0.4, 0.5) is 5.82 Å². The molecular formula is C30H56N9O28P7. The zero-order chi connectivity index (χ0) is 54.9. The Labute approximate surface area is 419 Å². The van der Waals surface area contributed by atoms with E-state index in [1.54, 1.807) is 10.9 Å². The number of carbonyl (C=O) groups excluding carboxylic acids is 1. The molecule has 74 heavy (non-hydrogen) atoms. The first-order valence-corrected chi connectivity index (χ1v) is 31.9. The van der Waals surface area contributed by atoms with Crippen LogP contribution in [0.1, 0.15) is 63.3 Å². The first kappa shape index (κ1) is 64.3. The molecular weight excluding hydrogens is 1150 g/mol. The third-order valence-electron chi connectivity index (χ3n) is 9.19. The predicted molar refractivity (Wildman–Crippen MR) is 244 cm³/mol. The molecule has 3 aromatic rings. The van der Waals surface area contributed by atoms with Crippen LogP contribution in [-0.4, -0.2) is 152 Å². The number of aromatic nitrogens is 7. The maximum Gasteiger partial charge on any atom is 0.490 e. The number of carbonyl (C=O) groups is 1. The molecule has 424 valence electrons.